The van der Waals surface area contributed by atoms with Gasteiger partial charge in [-0.25, -0.2) is 0 Å². The second-order valence-corrected chi connectivity index (χ2v) is 7.77. The molecule has 0 saturated carbocycles. The molecular formula is C24H23N3O3. The summed E-state index contributed by atoms with van der Waals surface area (Å²) < 4.78 is 0. The number of hydrogen-bond acceptors (Lipinski definition) is 4. The number of rotatable bonds is 4. The summed E-state index contributed by atoms with van der Waals surface area (Å²) in [5.74, 6) is 0.200. The number of nitrogens with one attached hydrogen (secondary N) is 1. The van der Waals surface area contributed by atoms with Crippen molar-refractivity contribution in [2.24, 2.45) is 10.9 Å². The molecule has 6 heteroatoms. The molecule has 2 atom stereocenters. The maximum Gasteiger partial charge on any atom is 0.276 e. The van der Waals surface area contributed by atoms with Gasteiger partial charge < -0.3 is 4.98 Å². The number of aromatic amines is 1. The summed E-state index contributed by atoms with van der Waals surface area (Å²) in [6.45, 7) is 4.14. The first-order valence-electron chi connectivity index (χ1n) is 9.96. The van der Waals surface area contributed by atoms with Gasteiger partial charge in [0.25, 0.3) is 5.69 Å². The monoisotopic (exact) mass is 401 g/mol. The number of hydrogen-bond donors (Lipinski definition) is 1. The van der Waals surface area contributed by atoms with E-state index in [2.05, 4.69) is 24.1 Å². The van der Waals surface area contributed by atoms with E-state index in [0.29, 0.717) is 5.56 Å². The fourth-order valence-corrected chi connectivity index (χ4v) is 4.76. The molecule has 0 spiro atoms. The third-order valence-corrected chi connectivity index (χ3v) is 5.87. The summed E-state index contributed by atoms with van der Waals surface area (Å²) in [4.78, 5) is 30.7. The van der Waals surface area contributed by atoms with Crippen LogP contribution in [0.15, 0.2) is 75.6 Å². The molecule has 152 valence electrons. The highest BCUT2D eigenvalue weighted by atomic mass is 16.6. The molecule has 4 rings (SSSR count). The van der Waals surface area contributed by atoms with E-state index in [1.807, 2.05) is 13.0 Å². The van der Waals surface area contributed by atoms with Crippen molar-refractivity contribution in [3.63, 3.8) is 0 Å². The lowest BCUT2D eigenvalue weighted by Crippen LogP contribution is -2.40. The molecule has 1 aromatic carbocycles. The molecule has 6 nitrogen and oxygen atoms in total. The van der Waals surface area contributed by atoms with Crippen molar-refractivity contribution in [3.8, 4) is 0 Å². The molecule has 2 aromatic rings. The van der Waals surface area contributed by atoms with Crippen molar-refractivity contribution in [3.05, 3.63) is 103 Å². The molecule has 30 heavy (non-hydrogen) atoms. The number of aliphatic imine (C=N–C) groups is 1. The van der Waals surface area contributed by atoms with Crippen LogP contribution >= 0.6 is 0 Å². The van der Waals surface area contributed by atoms with Crippen LogP contribution in [0.25, 0.3) is 6.08 Å². The number of para-hydroxylation sites is 1. The Bertz CT molecular complexity index is 1190. The van der Waals surface area contributed by atoms with E-state index in [9.17, 15) is 14.9 Å². The van der Waals surface area contributed by atoms with E-state index in [0.717, 1.165) is 24.1 Å². The standard InChI is InChI=1S/C24H23N3O3/c1-3-19-18-13-16(2)15-24(19,20-10-11-23(28)26-21(20)14-18)25-12-6-8-17-7-4-5-9-22(17)27(29)30/h3-13,18H,14-15H2,1-2H3,(H,26,28)/b8-6+,19-3+,25-12+/t18-,24+/m0/s1. The van der Waals surface area contributed by atoms with Gasteiger partial charge in [0.15, 0.2) is 0 Å². The first kappa shape index (κ1) is 19.8. The van der Waals surface area contributed by atoms with Crippen LogP contribution in [0.4, 0.5) is 5.69 Å². The van der Waals surface area contributed by atoms with Gasteiger partial charge in [0.2, 0.25) is 5.56 Å². The molecule has 0 unspecified atom stereocenters. The smallest absolute Gasteiger partial charge is 0.276 e. The van der Waals surface area contributed by atoms with E-state index in [1.54, 1.807) is 42.6 Å². The van der Waals surface area contributed by atoms with Gasteiger partial charge in [0, 0.05) is 41.9 Å². The van der Waals surface area contributed by atoms with Crippen molar-refractivity contribution >= 4 is 18.0 Å². The summed E-state index contributed by atoms with van der Waals surface area (Å²) in [6.07, 6.45) is 11.0. The summed E-state index contributed by atoms with van der Waals surface area (Å²) in [7, 11) is 0. The largest absolute Gasteiger partial charge is 0.326 e. The van der Waals surface area contributed by atoms with Crippen LogP contribution < -0.4 is 5.56 Å². The summed E-state index contributed by atoms with van der Waals surface area (Å²) in [5, 5.41) is 11.2. The normalized spacial score (nSPS) is 24.3. The zero-order valence-corrected chi connectivity index (χ0v) is 17.0. The van der Waals surface area contributed by atoms with E-state index in [4.69, 9.17) is 4.99 Å². The lowest BCUT2D eigenvalue weighted by molar-refractivity contribution is -0.385. The Morgan fingerprint density at radius 2 is 2.07 bits per heavy atom. The minimum Gasteiger partial charge on any atom is -0.326 e. The molecule has 2 aliphatic rings. The van der Waals surface area contributed by atoms with Crippen LogP contribution in [0.5, 0.6) is 0 Å². The number of nitrogens with zero attached hydrogens (tertiary/aromatic N) is 2. The summed E-state index contributed by atoms with van der Waals surface area (Å²) in [6, 6.07) is 10.1. The molecule has 1 N–H and O–H groups in total. The highest BCUT2D eigenvalue weighted by Gasteiger charge is 2.46. The number of pyridine rings is 1. The van der Waals surface area contributed by atoms with E-state index in [-0.39, 0.29) is 22.1 Å². The zero-order valence-electron chi connectivity index (χ0n) is 17.0. The van der Waals surface area contributed by atoms with Crippen molar-refractivity contribution in [2.45, 2.75) is 32.2 Å². The average molecular weight is 401 g/mol. The number of aromatic nitrogens is 1. The van der Waals surface area contributed by atoms with Gasteiger partial charge in [-0.1, -0.05) is 29.9 Å². The van der Waals surface area contributed by atoms with Crippen molar-refractivity contribution in [1.82, 2.24) is 4.98 Å². The van der Waals surface area contributed by atoms with E-state index in [1.165, 1.54) is 17.2 Å². The van der Waals surface area contributed by atoms with Crippen LogP contribution in [0.3, 0.4) is 0 Å². The van der Waals surface area contributed by atoms with Crippen LogP contribution in [-0.4, -0.2) is 16.1 Å². The lowest BCUT2D eigenvalue weighted by Gasteiger charge is -2.45. The highest BCUT2D eigenvalue weighted by molar-refractivity contribution is 5.81. The predicted octanol–water partition coefficient (Wildman–Crippen LogP) is 4.73. The molecular weight excluding hydrogens is 378 g/mol. The summed E-state index contributed by atoms with van der Waals surface area (Å²) in [5.41, 5.74) is 4.37. The van der Waals surface area contributed by atoms with Crippen molar-refractivity contribution in [2.75, 3.05) is 0 Å². The maximum absolute atomic E-state index is 11.9. The molecule has 1 aromatic heterocycles. The molecule has 2 bridgehead atoms. The minimum absolute atomic E-state index is 0.0616. The number of fused-ring (bicyclic) bond motifs is 4. The predicted molar refractivity (Wildman–Crippen MR) is 119 cm³/mol. The first-order valence-corrected chi connectivity index (χ1v) is 9.96. The van der Waals surface area contributed by atoms with Gasteiger partial charge >= 0.3 is 0 Å². The minimum atomic E-state index is -0.566. The topological polar surface area (TPSA) is 88.4 Å². The Balaban J connectivity index is 1.77. The number of benzene rings is 1. The third kappa shape index (κ3) is 3.34. The van der Waals surface area contributed by atoms with Crippen LogP contribution in [-0.2, 0) is 12.0 Å². The molecule has 0 radical (unpaired) electrons. The number of nitro groups is 1. The highest BCUT2D eigenvalue weighted by Crippen LogP contribution is 2.51. The first-order chi connectivity index (χ1) is 14.4. The van der Waals surface area contributed by atoms with Crippen LogP contribution in [0.1, 0.15) is 37.1 Å². The number of allylic oxidation sites excluding steroid dienone is 3. The Morgan fingerprint density at radius 3 is 2.83 bits per heavy atom. The Morgan fingerprint density at radius 1 is 1.27 bits per heavy atom. The molecule has 0 aliphatic heterocycles. The van der Waals surface area contributed by atoms with Crippen LogP contribution in [0, 0.1) is 16.0 Å². The fraction of sp³-hybridized carbons (Fsp3) is 0.250. The summed E-state index contributed by atoms with van der Waals surface area (Å²) >= 11 is 0. The van der Waals surface area contributed by atoms with Gasteiger partial charge in [0.05, 0.1) is 10.5 Å². The molecule has 0 fully saturated rings. The van der Waals surface area contributed by atoms with Crippen molar-refractivity contribution < 1.29 is 4.92 Å². The molecule has 1 heterocycles. The Hall–Kier alpha value is -3.54. The van der Waals surface area contributed by atoms with E-state index < -0.39 is 5.54 Å². The number of H-pyrrole nitrogens is 1. The second-order valence-electron chi connectivity index (χ2n) is 7.77. The maximum atomic E-state index is 11.9. The zero-order chi connectivity index (χ0) is 21.3. The number of nitro benzene ring substituents is 1. The fourth-order valence-electron chi connectivity index (χ4n) is 4.76. The molecule has 0 saturated heterocycles. The Labute approximate surface area is 174 Å². The quantitative estimate of drug-likeness (QED) is 0.348. The Kier molecular flexibility index (Phi) is 5.08. The second kappa shape index (κ2) is 7.71. The van der Waals surface area contributed by atoms with Crippen LogP contribution in [0.2, 0.25) is 0 Å². The molecule has 0 amide bonds. The van der Waals surface area contributed by atoms with Crippen molar-refractivity contribution in [1.29, 1.82) is 0 Å². The lowest BCUT2D eigenvalue weighted by atomic mass is 9.63. The van der Waals surface area contributed by atoms with Gasteiger partial charge in [-0.05, 0) is 50.1 Å². The average Bonchev–Trinajstić information content (AvgIpc) is 2.70. The van der Waals surface area contributed by atoms with Gasteiger partial charge in [-0.3, -0.25) is 19.9 Å². The SMILES string of the molecule is C/C=C1\[C@H]2C=C(C)C[C@]1(/N=C/C=C/c1ccccc1[N+](=O)[O-])c1ccc(=O)[nH]c1C2. The van der Waals surface area contributed by atoms with Gasteiger partial charge in [-0.15, -0.1) is 0 Å². The molecule has 2 aliphatic carbocycles. The van der Waals surface area contributed by atoms with Gasteiger partial charge in [0.1, 0.15) is 5.54 Å². The third-order valence-electron chi connectivity index (χ3n) is 5.87. The van der Waals surface area contributed by atoms with E-state index >= 15 is 0 Å². The van der Waals surface area contributed by atoms with Gasteiger partial charge in [-0.2, -0.15) is 0 Å².